The summed E-state index contributed by atoms with van der Waals surface area (Å²) in [4.78, 5) is 2.37. The van der Waals surface area contributed by atoms with Gasteiger partial charge in [0, 0.05) is 22.5 Å². The molecule has 0 heterocycles. The van der Waals surface area contributed by atoms with Gasteiger partial charge in [-0.25, -0.2) is 0 Å². The van der Waals surface area contributed by atoms with Crippen molar-refractivity contribution in [2.24, 2.45) is 0 Å². The average Bonchev–Trinajstić information content (AvgIpc) is 3.42. The topological polar surface area (TPSA) is 3.24 Å². The number of anilines is 3. The molecule has 0 aromatic heterocycles. The third-order valence-electron chi connectivity index (χ3n) is 10.5. The van der Waals surface area contributed by atoms with Gasteiger partial charge in [0.05, 0.1) is 0 Å². The number of fused-ring (bicyclic) bond motifs is 4. The highest BCUT2D eigenvalue weighted by atomic mass is 15.1. The van der Waals surface area contributed by atoms with E-state index in [0.29, 0.717) is 0 Å². The Balaban J connectivity index is 1.11. The third kappa shape index (κ3) is 5.11. The summed E-state index contributed by atoms with van der Waals surface area (Å²) in [7, 11) is 0. The monoisotopic (exact) mass is 639 g/mol. The van der Waals surface area contributed by atoms with Gasteiger partial charge < -0.3 is 4.90 Å². The van der Waals surface area contributed by atoms with Crippen LogP contribution in [0.25, 0.3) is 55.3 Å². The minimum absolute atomic E-state index is 0.0240. The summed E-state index contributed by atoms with van der Waals surface area (Å²) in [5.74, 6) is 0. The van der Waals surface area contributed by atoms with Crippen LogP contribution in [0.4, 0.5) is 17.1 Å². The van der Waals surface area contributed by atoms with Crippen molar-refractivity contribution in [3.63, 3.8) is 0 Å². The smallest absolute Gasteiger partial charge is 0.0468 e. The summed E-state index contributed by atoms with van der Waals surface area (Å²) in [5, 5.41) is 2.46. The van der Waals surface area contributed by atoms with Crippen molar-refractivity contribution in [3.05, 3.63) is 199 Å². The fourth-order valence-corrected chi connectivity index (χ4v) is 7.86. The van der Waals surface area contributed by atoms with E-state index in [0.717, 1.165) is 17.1 Å². The molecule has 0 aliphatic heterocycles. The predicted molar refractivity (Wildman–Crippen MR) is 213 cm³/mol. The summed E-state index contributed by atoms with van der Waals surface area (Å²) >= 11 is 0. The van der Waals surface area contributed by atoms with Crippen molar-refractivity contribution >= 4 is 27.8 Å². The van der Waals surface area contributed by atoms with Crippen LogP contribution in [0.2, 0.25) is 0 Å². The Kier molecular flexibility index (Phi) is 7.21. The second-order valence-electron chi connectivity index (χ2n) is 13.8. The fourth-order valence-electron chi connectivity index (χ4n) is 7.86. The maximum atomic E-state index is 2.37. The molecule has 0 unspecified atom stereocenters. The molecule has 50 heavy (non-hydrogen) atoms. The molecule has 0 fully saturated rings. The van der Waals surface area contributed by atoms with Crippen molar-refractivity contribution in [1.82, 2.24) is 0 Å². The van der Waals surface area contributed by atoms with Crippen LogP contribution in [-0.4, -0.2) is 0 Å². The highest BCUT2D eigenvalue weighted by Gasteiger charge is 2.36. The molecule has 0 radical (unpaired) electrons. The maximum Gasteiger partial charge on any atom is 0.0468 e. The van der Waals surface area contributed by atoms with E-state index < -0.39 is 0 Å². The summed E-state index contributed by atoms with van der Waals surface area (Å²) in [6.07, 6.45) is 0. The van der Waals surface area contributed by atoms with E-state index in [1.54, 1.807) is 0 Å². The molecule has 1 aliphatic carbocycles. The normalized spacial score (nSPS) is 12.8. The van der Waals surface area contributed by atoms with Gasteiger partial charge in [0.1, 0.15) is 0 Å². The lowest BCUT2D eigenvalue weighted by atomic mass is 9.82. The van der Waals surface area contributed by atoms with Gasteiger partial charge in [-0.05, 0) is 109 Å². The van der Waals surface area contributed by atoms with Gasteiger partial charge in [0.25, 0.3) is 0 Å². The van der Waals surface area contributed by atoms with Crippen LogP contribution in [0.15, 0.2) is 188 Å². The van der Waals surface area contributed by atoms with E-state index in [2.05, 4.69) is 207 Å². The van der Waals surface area contributed by atoms with Crippen molar-refractivity contribution in [1.29, 1.82) is 0 Å². The van der Waals surface area contributed by atoms with Crippen LogP contribution >= 0.6 is 0 Å². The molecule has 0 saturated carbocycles. The molecule has 0 bridgehead atoms. The first-order chi connectivity index (χ1) is 24.5. The van der Waals surface area contributed by atoms with Crippen molar-refractivity contribution in [3.8, 4) is 44.5 Å². The molecule has 8 aromatic rings. The predicted octanol–water partition coefficient (Wildman–Crippen LogP) is 13.6. The second-order valence-corrected chi connectivity index (χ2v) is 13.8. The Morgan fingerprint density at radius 2 is 0.860 bits per heavy atom. The minimum atomic E-state index is -0.0240. The number of benzene rings is 8. The van der Waals surface area contributed by atoms with E-state index in [9.17, 15) is 0 Å². The van der Waals surface area contributed by atoms with Gasteiger partial charge in [-0.2, -0.15) is 0 Å². The molecule has 0 spiro atoms. The molecule has 9 rings (SSSR count). The molecule has 0 atom stereocenters. The lowest BCUT2D eigenvalue weighted by molar-refractivity contribution is 0.660. The molecule has 8 aromatic carbocycles. The van der Waals surface area contributed by atoms with Crippen molar-refractivity contribution < 1.29 is 0 Å². The lowest BCUT2D eigenvalue weighted by Crippen LogP contribution is -2.14. The number of hydrogen-bond donors (Lipinski definition) is 0. The molecule has 1 heteroatoms. The Hall–Kier alpha value is -6.18. The highest BCUT2D eigenvalue weighted by Crippen LogP contribution is 2.52. The number of hydrogen-bond acceptors (Lipinski definition) is 1. The highest BCUT2D eigenvalue weighted by molar-refractivity contribution is 5.94. The van der Waals surface area contributed by atoms with E-state index in [1.807, 2.05) is 0 Å². The van der Waals surface area contributed by atoms with Crippen LogP contribution in [-0.2, 0) is 5.41 Å². The summed E-state index contributed by atoms with van der Waals surface area (Å²) in [6, 6.07) is 68.5. The second kappa shape index (κ2) is 12.1. The number of nitrogens with zero attached hydrogens (tertiary/aromatic N) is 1. The zero-order valence-corrected chi connectivity index (χ0v) is 28.3. The quantitative estimate of drug-likeness (QED) is 0.175. The van der Waals surface area contributed by atoms with E-state index >= 15 is 0 Å². The fraction of sp³-hybridized carbons (Fsp3) is 0.0612. The van der Waals surface area contributed by atoms with Crippen molar-refractivity contribution in [2.45, 2.75) is 19.3 Å². The Bertz CT molecular complexity index is 2490. The number of rotatable bonds is 6. The van der Waals surface area contributed by atoms with E-state index in [4.69, 9.17) is 0 Å². The average molecular weight is 640 g/mol. The Labute approximate surface area is 294 Å². The zero-order chi connectivity index (χ0) is 33.7. The molecular weight excluding hydrogens is 603 g/mol. The summed E-state index contributed by atoms with van der Waals surface area (Å²) in [5.41, 5.74) is 16.2. The van der Waals surface area contributed by atoms with Gasteiger partial charge in [0.15, 0.2) is 0 Å². The Morgan fingerprint density at radius 1 is 0.340 bits per heavy atom. The van der Waals surface area contributed by atoms with Gasteiger partial charge in [-0.15, -0.1) is 0 Å². The minimum Gasteiger partial charge on any atom is -0.310 e. The first kappa shape index (κ1) is 29.9. The van der Waals surface area contributed by atoms with Crippen LogP contribution in [0.3, 0.4) is 0 Å². The van der Waals surface area contributed by atoms with Gasteiger partial charge >= 0.3 is 0 Å². The molecule has 238 valence electrons. The molecule has 0 amide bonds. The van der Waals surface area contributed by atoms with Gasteiger partial charge in [-0.1, -0.05) is 159 Å². The van der Waals surface area contributed by atoms with Gasteiger partial charge in [-0.3, -0.25) is 0 Å². The molecule has 0 saturated heterocycles. The zero-order valence-electron chi connectivity index (χ0n) is 28.3. The Morgan fingerprint density at radius 3 is 1.60 bits per heavy atom. The van der Waals surface area contributed by atoms with Crippen molar-refractivity contribution in [2.75, 3.05) is 4.90 Å². The molecule has 1 nitrogen and oxygen atoms in total. The lowest BCUT2D eigenvalue weighted by Gasteiger charge is -2.26. The summed E-state index contributed by atoms with van der Waals surface area (Å²) < 4.78 is 0. The SMILES string of the molecule is CC1(C)c2ccccc2-c2c(-c3ccc(N(c4ccc(-c5cccc(-c6ccccc6)c5)cc4)c4ccc5ccccc5c4)cc3)cccc21. The van der Waals surface area contributed by atoms with Crippen LogP contribution in [0.1, 0.15) is 25.0 Å². The maximum absolute atomic E-state index is 2.37. The third-order valence-corrected chi connectivity index (χ3v) is 10.5. The molecular formula is C49H37N. The molecule has 1 aliphatic rings. The van der Waals surface area contributed by atoms with Gasteiger partial charge in [0.2, 0.25) is 0 Å². The van der Waals surface area contributed by atoms with Crippen LogP contribution in [0, 0.1) is 0 Å². The first-order valence-electron chi connectivity index (χ1n) is 17.4. The standard InChI is InChI=1S/C49H37N/c1-49(2)46-20-9-8-18-45(46)48-44(19-11-21-47(48)49)37-25-29-42(30-26-37)50(43-31-24-35-14-6-7-15-40(35)33-43)41-27-22-36(23-28-41)39-17-10-16-38(32-39)34-12-4-3-5-13-34/h3-33H,1-2H3. The first-order valence-corrected chi connectivity index (χ1v) is 17.4. The van der Waals surface area contributed by atoms with E-state index in [-0.39, 0.29) is 5.41 Å². The summed E-state index contributed by atoms with van der Waals surface area (Å²) in [6.45, 7) is 4.69. The van der Waals surface area contributed by atoms with E-state index in [1.165, 1.54) is 66.4 Å². The van der Waals surface area contributed by atoms with Crippen LogP contribution < -0.4 is 4.90 Å². The largest absolute Gasteiger partial charge is 0.310 e. The molecule has 0 N–H and O–H groups in total. The van der Waals surface area contributed by atoms with Crippen LogP contribution in [0.5, 0.6) is 0 Å².